The second kappa shape index (κ2) is 6.55. The second-order valence-corrected chi connectivity index (χ2v) is 4.82. The summed E-state index contributed by atoms with van der Waals surface area (Å²) in [5, 5.41) is 3.00. The number of carbonyl (C=O) groups is 1. The Morgan fingerprint density at radius 3 is 2.50 bits per heavy atom. The molecule has 2 aromatic carbocycles. The van der Waals surface area contributed by atoms with Crippen LogP contribution >= 0.6 is 23.2 Å². The Morgan fingerprint density at radius 1 is 1.10 bits per heavy atom. The van der Waals surface area contributed by atoms with Crippen LogP contribution in [0.15, 0.2) is 48.5 Å². The summed E-state index contributed by atoms with van der Waals surface area (Å²) in [5.74, 6) is -1.09. The zero-order valence-corrected chi connectivity index (χ0v) is 11.8. The molecule has 0 aliphatic carbocycles. The molecule has 0 atom stereocenters. The van der Waals surface area contributed by atoms with Crippen molar-refractivity contribution in [1.82, 2.24) is 0 Å². The van der Waals surface area contributed by atoms with E-state index in [1.54, 1.807) is 36.4 Å². The van der Waals surface area contributed by atoms with E-state index in [-0.39, 0.29) is 10.7 Å². The zero-order chi connectivity index (χ0) is 14.5. The van der Waals surface area contributed by atoms with Crippen molar-refractivity contribution in [3.63, 3.8) is 0 Å². The minimum atomic E-state index is -0.651. The van der Waals surface area contributed by atoms with Gasteiger partial charge in [0.25, 0.3) is 0 Å². The number of anilines is 1. The van der Waals surface area contributed by atoms with Crippen molar-refractivity contribution < 1.29 is 9.18 Å². The monoisotopic (exact) mass is 309 g/mol. The minimum absolute atomic E-state index is 0.0375. The maximum absolute atomic E-state index is 13.6. The third kappa shape index (κ3) is 3.83. The van der Waals surface area contributed by atoms with Crippen molar-refractivity contribution in [2.75, 3.05) is 5.32 Å². The fourth-order valence-electron chi connectivity index (χ4n) is 1.52. The Kier molecular flexibility index (Phi) is 4.77. The first kappa shape index (κ1) is 14.6. The first-order valence-corrected chi connectivity index (χ1v) is 6.50. The van der Waals surface area contributed by atoms with Gasteiger partial charge in [0.15, 0.2) is 5.82 Å². The maximum Gasteiger partial charge on any atom is 0.248 e. The van der Waals surface area contributed by atoms with E-state index < -0.39 is 11.7 Å². The van der Waals surface area contributed by atoms with Gasteiger partial charge >= 0.3 is 0 Å². The number of nitrogens with one attached hydrogen (secondary N) is 1. The molecule has 1 amide bonds. The second-order valence-electron chi connectivity index (χ2n) is 3.98. The number of halogens is 3. The van der Waals surface area contributed by atoms with Crippen LogP contribution in [-0.2, 0) is 4.79 Å². The third-order valence-electron chi connectivity index (χ3n) is 2.51. The van der Waals surface area contributed by atoms with Gasteiger partial charge in [-0.25, -0.2) is 4.39 Å². The highest BCUT2D eigenvalue weighted by Crippen LogP contribution is 2.21. The minimum Gasteiger partial charge on any atom is -0.320 e. The van der Waals surface area contributed by atoms with Gasteiger partial charge in [-0.2, -0.15) is 0 Å². The van der Waals surface area contributed by atoms with Crippen LogP contribution in [0.3, 0.4) is 0 Å². The number of carbonyl (C=O) groups excluding carboxylic acids is 1. The highest BCUT2D eigenvalue weighted by atomic mass is 35.5. The standard InChI is InChI=1S/C15H10Cl2FNO/c16-11-7-4-10(5-8-11)6-9-14(20)19-13-3-1-2-12(17)15(13)18/h1-9H,(H,19,20)/b9-6+. The van der Waals surface area contributed by atoms with E-state index in [1.807, 2.05) is 0 Å². The molecule has 20 heavy (non-hydrogen) atoms. The Bertz CT molecular complexity index is 653. The lowest BCUT2D eigenvalue weighted by Crippen LogP contribution is -2.09. The fraction of sp³-hybridized carbons (Fsp3) is 0. The molecule has 0 spiro atoms. The summed E-state index contributed by atoms with van der Waals surface area (Å²) in [5.41, 5.74) is 0.861. The normalized spacial score (nSPS) is 10.8. The quantitative estimate of drug-likeness (QED) is 0.812. The number of hydrogen-bond donors (Lipinski definition) is 1. The summed E-state index contributed by atoms with van der Waals surface area (Å²) >= 11 is 11.4. The van der Waals surface area contributed by atoms with Gasteiger partial charge in [0.1, 0.15) is 0 Å². The predicted molar refractivity (Wildman–Crippen MR) is 80.5 cm³/mol. The molecule has 0 heterocycles. The molecule has 1 N–H and O–H groups in total. The Labute approximate surface area is 125 Å². The van der Waals surface area contributed by atoms with E-state index in [1.165, 1.54) is 18.2 Å². The van der Waals surface area contributed by atoms with E-state index >= 15 is 0 Å². The Morgan fingerprint density at radius 2 is 1.80 bits per heavy atom. The number of hydrogen-bond acceptors (Lipinski definition) is 1. The van der Waals surface area contributed by atoms with Crippen LogP contribution in [0.4, 0.5) is 10.1 Å². The van der Waals surface area contributed by atoms with Crippen LogP contribution in [0.1, 0.15) is 5.56 Å². The summed E-state index contributed by atoms with van der Waals surface area (Å²) in [4.78, 5) is 11.7. The maximum atomic E-state index is 13.6. The van der Waals surface area contributed by atoms with Gasteiger partial charge in [-0.3, -0.25) is 4.79 Å². The molecule has 0 aromatic heterocycles. The Hall–Kier alpha value is -1.84. The lowest BCUT2D eigenvalue weighted by Gasteiger charge is -2.04. The number of amides is 1. The SMILES string of the molecule is O=C(/C=C/c1ccc(Cl)cc1)Nc1cccc(Cl)c1F. The molecule has 0 radical (unpaired) electrons. The van der Waals surface area contributed by atoms with E-state index in [2.05, 4.69) is 5.32 Å². The van der Waals surface area contributed by atoms with Gasteiger partial charge in [-0.05, 0) is 35.9 Å². The molecule has 5 heteroatoms. The molecule has 0 aliphatic heterocycles. The van der Waals surface area contributed by atoms with Gasteiger partial charge in [-0.1, -0.05) is 41.4 Å². The number of benzene rings is 2. The van der Waals surface area contributed by atoms with Crippen molar-refractivity contribution >= 4 is 40.9 Å². The predicted octanol–water partition coefficient (Wildman–Crippen LogP) is 4.78. The molecule has 0 aliphatic rings. The first-order valence-electron chi connectivity index (χ1n) is 5.75. The number of rotatable bonds is 3. The van der Waals surface area contributed by atoms with Gasteiger partial charge in [0.05, 0.1) is 10.7 Å². The van der Waals surface area contributed by atoms with Gasteiger partial charge < -0.3 is 5.32 Å². The van der Waals surface area contributed by atoms with Crippen LogP contribution in [0.2, 0.25) is 10.0 Å². The van der Waals surface area contributed by atoms with Crippen molar-refractivity contribution in [3.05, 3.63) is 70.0 Å². The van der Waals surface area contributed by atoms with E-state index in [4.69, 9.17) is 23.2 Å². The smallest absolute Gasteiger partial charge is 0.248 e. The summed E-state index contributed by atoms with van der Waals surface area (Å²) in [6.07, 6.45) is 2.91. The molecule has 2 rings (SSSR count). The molecule has 0 saturated carbocycles. The van der Waals surface area contributed by atoms with Crippen LogP contribution in [-0.4, -0.2) is 5.91 Å². The molecular formula is C15H10Cl2FNO. The van der Waals surface area contributed by atoms with Crippen molar-refractivity contribution in [1.29, 1.82) is 0 Å². The average molecular weight is 310 g/mol. The lowest BCUT2D eigenvalue weighted by atomic mass is 10.2. The van der Waals surface area contributed by atoms with Gasteiger partial charge in [-0.15, -0.1) is 0 Å². The summed E-state index contributed by atoms with van der Waals surface area (Å²) in [6.45, 7) is 0. The summed E-state index contributed by atoms with van der Waals surface area (Å²) in [7, 11) is 0. The van der Waals surface area contributed by atoms with Gasteiger partial charge in [0, 0.05) is 11.1 Å². The highest BCUT2D eigenvalue weighted by molar-refractivity contribution is 6.31. The Balaban J connectivity index is 2.05. The van der Waals surface area contributed by atoms with Crippen LogP contribution < -0.4 is 5.32 Å². The van der Waals surface area contributed by atoms with E-state index in [0.717, 1.165) is 5.56 Å². The molecule has 0 saturated heterocycles. The van der Waals surface area contributed by atoms with E-state index in [9.17, 15) is 9.18 Å². The summed E-state index contributed by atoms with van der Waals surface area (Å²) in [6, 6.07) is 11.4. The molecular weight excluding hydrogens is 300 g/mol. The first-order chi connectivity index (χ1) is 9.56. The molecule has 2 aromatic rings. The van der Waals surface area contributed by atoms with Crippen molar-refractivity contribution in [3.8, 4) is 0 Å². The largest absolute Gasteiger partial charge is 0.320 e. The van der Waals surface area contributed by atoms with E-state index in [0.29, 0.717) is 5.02 Å². The average Bonchev–Trinajstić information content (AvgIpc) is 2.43. The fourth-order valence-corrected chi connectivity index (χ4v) is 1.82. The molecule has 0 unspecified atom stereocenters. The topological polar surface area (TPSA) is 29.1 Å². The molecule has 2 nitrogen and oxygen atoms in total. The van der Waals surface area contributed by atoms with Crippen LogP contribution in [0.25, 0.3) is 6.08 Å². The molecule has 102 valence electrons. The van der Waals surface area contributed by atoms with Gasteiger partial charge in [0.2, 0.25) is 5.91 Å². The summed E-state index contributed by atoms with van der Waals surface area (Å²) < 4.78 is 13.6. The molecule has 0 fully saturated rings. The highest BCUT2D eigenvalue weighted by Gasteiger charge is 2.07. The van der Waals surface area contributed by atoms with Crippen LogP contribution in [0, 0.1) is 5.82 Å². The zero-order valence-electron chi connectivity index (χ0n) is 10.2. The molecule has 0 bridgehead atoms. The lowest BCUT2D eigenvalue weighted by molar-refractivity contribution is -0.111. The van der Waals surface area contributed by atoms with Crippen molar-refractivity contribution in [2.24, 2.45) is 0 Å². The van der Waals surface area contributed by atoms with Crippen molar-refractivity contribution in [2.45, 2.75) is 0 Å². The van der Waals surface area contributed by atoms with Crippen LogP contribution in [0.5, 0.6) is 0 Å². The third-order valence-corrected chi connectivity index (χ3v) is 3.05.